The molecule has 1 aromatic carbocycles. The lowest BCUT2D eigenvalue weighted by Gasteiger charge is -2.19. The number of hydrogen-bond acceptors (Lipinski definition) is 6. The molecule has 0 atom stereocenters. The Kier molecular flexibility index (Phi) is 14.2. The third-order valence-electron chi connectivity index (χ3n) is 5.02. The van der Waals surface area contributed by atoms with E-state index in [2.05, 4.69) is 22.9 Å². The summed E-state index contributed by atoms with van der Waals surface area (Å²) >= 11 is 0. The summed E-state index contributed by atoms with van der Waals surface area (Å²) in [6, 6.07) is 4.72. The van der Waals surface area contributed by atoms with Gasteiger partial charge < -0.3 is 25.4 Å². The van der Waals surface area contributed by atoms with Crippen molar-refractivity contribution in [1.82, 2.24) is 5.32 Å². The molecule has 202 valence electrons. The number of benzene rings is 1. The monoisotopic (exact) mass is 505 g/mol. The van der Waals surface area contributed by atoms with E-state index in [9.17, 15) is 19.2 Å². The standard InChI is InChI=1S/C27H43N3O6/c1-6-8-9-11-14-23(31)29-21-17-20(25(33)35-7-2)18-22(19-21)30-24(32)15-12-10-13-16-28-26(34)36-27(3,4)5/h17-19H,6-16H2,1-5H3,(H,28,34)(H,29,31)(H,30,32). The van der Waals surface area contributed by atoms with E-state index >= 15 is 0 Å². The van der Waals surface area contributed by atoms with Crippen molar-refractivity contribution >= 4 is 35.3 Å². The van der Waals surface area contributed by atoms with Crippen LogP contribution in [-0.4, -0.2) is 42.6 Å². The minimum atomic E-state index is -0.538. The molecule has 0 radical (unpaired) electrons. The molecule has 0 saturated carbocycles. The number of amides is 3. The summed E-state index contributed by atoms with van der Waals surface area (Å²) in [4.78, 5) is 48.7. The number of esters is 1. The molecule has 3 N–H and O–H groups in total. The summed E-state index contributed by atoms with van der Waals surface area (Å²) in [6.45, 7) is 9.93. The fourth-order valence-corrected chi connectivity index (χ4v) is 3.36. The van der Waals surface area contributed by atoms with Crippen LogP contribution in [0.15, 0.2) is 18.2 Å². The van der Waals surface area contributed by atoms with E-state index in [1.54, 1.807) is 39.8 Å². The number of unbranched alkanes of at least 4 members (excludes halogenated alkanes) is 5. The second-order valence-electron chi connectivity index (χ2n) is 9.67. The molecule has 0 heterocycles. The van der Waals surface area contributed by atoms with Crippen molar-refractivity contribution < 1.29 is 28.7 Å². The van der Waals surface area contributed by atoms with Crippen LogP contribution < -0.4 is 16.0 Å². The first-order valence-electron chi connectivity index (χ1n) is 12.9. The Bertz CT molecular complexity index is 864. The number of ether oxygens (including phenoxy) is 2. The minimum Gasteiger partial charge on any atom is -0.462 e. The van der Waals surface area contributed by atoms with E-state index in [1.807, 2.05) is 0 Å². The fourth-order valence-electron chi connectivity index (χ4n) is 3.36. The van der Waals surface area contributed by atoms with Crippen molar-refractivity contribution in [3.63, 3.8) is 0 Å². The Morgan fingerprint density at radius 3 is 1.83 bits per heavy atom. The zero-order valence-corrected chi connectivity index (χ0v) is 22.5. The van der Waals surface area contributed by atoms with E-state index < -0.39 is 17.7 Å². The lowest BCUT2D eigenvalue weighted by atomic mass is 10.1. The van der Waals surface area contributed by atoms with Gasteiger partial charge in [0.1, 0.15) is 5.60 Å². The minimum absolute atomic E-state index is 0.135. The van der Waals surface area contributed by atoms with Crippen molar-refractivity contribution in [3.8, 4) is 0 Å². The highest BCUT2D eigenvalue weighted by molar-refractivity contribution is 5.98. The third-order valence-corrected chi connectivity index (χ3v) is 5.02. The van der Waals surface area contributed by atoms with Gasteiger partial charge in [0.05, 0.1) is 12.2 Å². The number of hydrogen-bond donors (Lipinski definition) is 3. The largest absolute Gasteiger partial charge is 0.462 e. The molecule has 9 heteroatoms. The number of anilines is 2. The Morgan fingerprint density at radius 2 is 1.33 bits per heavy atom. The summed E-state index contributed by atoms with van der Waals surface area (Å²) in [5.74, 6) is -0.859. The highest BCUT2D eigenvalue weighted by Crippen LogP contribution is 2.21. The van der Waals surface area contributed by atoms with E-state index in [0.29, 0.717) is 30.8 Å². The van der Waals surface area contributed by atoms with Gasteiger partial charge >= 0.3 is 12.1 Å². The fraction of sp³-hybridized carbons (Fsp3) is 0.630. The van der Waals surface area contributed by atoms with Crippen molar-refractivity contribution in [2.75, 3.05) is 23.8 Å². The van der Waals surface area contributed by atoms with E-state index in [-0.39, 0.29) is 30.4 Å². The molecule has 0 aliphatic carbocycles. The van der Waals surface area contributed by atoms with Crippen LogP contribution in [0.25, 0.3) is 0 Å². The first-order valence-corrected chi connectivity index (χ1v) is 12.9. The summed E-state index contributed by atoms with van der Waals surface area (Å²) in [6.07, 6.45) is 6.32. The van der Waals surface area contributed by atoms with Crippen LogP contribution in [-0.2, 0) is 19.1 Å². The van der Waals surface area contributed by atoms with Gasteiger partial charge in [-0.25, -0.2) is 9.59 Å². The highest BCUT2D eigenvalue weighted by atomic mass is 16.6. The number of rotatable bonds is 15. The average molecular weight is 506 g/mol. The lowest BCUT2D eigenvalue weighted by molar-refractivity contribution is -0.117. The van der Waals surface area contributed by atoms with Crippen LogP contribution in [0.2, 0.25) is 0 Å². The lowest BCUT2D eigenvalue weighted by Crippen LogP contribution is -2.33. The molecule has 3 amide bonds. The molecule has 36 heavy (non-hydrogen) atoms. The SMILES string of the molecule is CCCCCCC(=O)Nc1cc(NC(=O)CCCCCNC(=O)OC(C)(C)C)cc(C(=O)OCC)c1. The molecule has 0 aliphatic heterocycles. The van der Waals surface area contributed by atoms with Crippen LogP contribution in [0.1, 0.15) is 103 Å². The molecular formula is C27H43N3O6. The number of alkyl carbamates (subject to hydrolysis) is 1. The number of carbonyl (C=O) groups excluding carboxylic acids is 4. The topological polar surface area (TPSA) is 123 Å². The van der Waals surface area contributed by atoms with E-state index in [4.69, 9.17) is 9.47 Å². The molecule has 0 unspecified atom stereocenters. The van der Waals surface area contributed by atoms with Crippen molar-refractivity contribution in [2.24, 2.45) is 0 Å². The van der Waals surface area contributed by atoms with Gasteiger partial charge in [-0.15, -0.1) is 0 Å². The molecule has 0 saturated heterocycles. The van der Waals surface area contributed by atoms with Gasteiger partial charge in [0.2, 0.25) is 11.8 Å². The zero-order chi connectivity index (χ0) is 27.0. The maximum atomic E-state index is 12.4. The van der Waals surface area contributed by atoms with Gasteiger partial charge in [-0.3, -0.25) is 9.59 Å². The van der Waals surface area contributed by atoms with Crippen LogP contribution in [0, 0.1) is 0 Å². The second kappa shape index (κ2) is 16.5. The van der Waals surface area contributed by atoms with Gasteiger partial charge in [0, 0.05) is 30.8 Å². The Balaban J connectivity index is 2.59. The van der Waals surface area contributed by atoms with Crippen molar-refractivity contribution in [1.29, 1.82) is 0 Å². The van der Waals surface area contributed by atoms with Gasteiger partial charge in [-0.1, -0.05) is 32.6 Å². The van der Waals surface area contributed by atoms with Crippen LogP contribution in [0.5, 0.6) is 0 Å². The molecular weight excluding hydrogens is 462 g/mol. The van der Waals surface area contributed by atoms with Crippen LogP contribution >= 0.6 is 0 Å². The first kappa shape index (κ1) is 30.9. The molecule has 1 rings (SSSR count). The zero-order valence-electron chi connectivity index (χ0n) is 22.5. The number of carbonyl (C=O) groups is 4. The van der Waals surface area contributed by atoms with Crippen LogP contribution in [0.4, 0.5) is 16.2 Å². The summed E-state index contributed by atoms with van der Waals surface area (Å²) < 4.78 is 10.3. The molecule has 0 aliphatic rings. The third kappa shape index (κ3) is 14.3. The van der Waals surface area contributed by atoms with E-state index in [1.165, 1.54) is 6.07 Å². The maximum absolute atomic E-state index is 12.4. The van der Waals surface area contributed by atoms with Crippen molar-refractivity contribution in [3.05, 3.63) is 23.8 Å². The van der Waals surface area contributed by atoms with Crippen molar-refractivity contribution in [2.45, 2.75) is 98.0 Å². The van der Waals surface area contributed by atoms with Gasteiger partial charge in [0.25, 0.3) is 0 Å². The Labute approximate surface area is 215 Å². The summed E-state index contributed by atoms with van der Waals surface area (Å²) in [5.41, 5.74) is 0.566. The normalized spacial score (nSPS) is 10.9. The molecule has 0 spiro atoms. The van der Waals surface area contributed by atoms with E-state index in [0.717, 1.165) is 38.5 Å². The predicted molar refractivity (Wildman–Crippen MR) is 141 cm³/mol. The Hall–Kier alpha value is -3.10. The summed E-state index contributed by atoms with van der Waals surface area (Å²) in [7, 11) is 0. The quantitative estimate of drug-likeness (QED) is 0.205. The van der Waals surface area contributed by atoms with Gasteiger partial charge in [-0.2, -0.15) is 0 Å². The molecule has 1 aromatic rings. The molecule has 0 bridgehead atoms. The first-order chi connectivity index (χ1) is 17.0. The van der Waals surface area contributed by atoms with Gasteiger partial charge in [-0.05, 0) is 65.2 Å². The molecule has 9 nitrogen and oxygen atoms in total. The summed E-state index contributed by atoms with van der Waals surface area (Å²) in [5, 5.41) is 8.31. The highest BCUT2D eigenvalue weighted by Gasteiger charge is 2.16. The molecule has 0 aromatic heterocycles. The van der Waals surface area contributed by atoms with Crippen LogP contribution in [0.3, 0.4) is 0 Å². The number of nitrogens with one attached hydrogen (secondary N) is 3. The second-order valence-corrected chi connectivity index (χ2v) is 9.67. The Morgan fingerprint density at radius 1 is 0.778 bits per heavy atom. The van der Waals surface area contributed by atoms with Gasteiger partial charge in [0.15, 0.2) is 0 Å². The smallest absolute Gasteiger partial charge is 0.407 e. The average Bonchev–Trinajstić information content (AvgIpc) is 2.78. The predicted octanol–water partition coefficient (Wildman–Crippen LogP) is 5.80. The maximum Gasteiger partial charge on any atom is 0.407 e. The molecule has 0 fully saturated rings.